The lowest BCUT2D eigenvalue weighted by molar-refractivity contribution is 0.454. The Bertz CT molecular complexity index is 4530. The van der Waals surface area contributed by atoms with Crippen molar-refractivity contribution in [1.29, 1.82) is 0 Å². The summed E-state index contributed by atoms with van der Waals surface area (Å²) in [7, 11) is 0. The summed E-state index contributed by atoms with van der Waals surface area (Å²) in [5.41, 5.74) is 9.74. The summed E-state index contributed by atoms with van der Waals surface area (Å²) in [6, 6.07) is 55.4. The van der Waals surface area contributed by atoms with Crippen molar-refractivity contribution in [2.24, 2.45) is 0 Å². The SMILES string of the molecule is [2H]C1([2H])CCC([2H])([2H])c2c(-c3ccc4oc5c(c4c3)Oc3c(-n4c6ccccc6c6ccccc64)nc(-n4c6ccccc6c6ccccc64)c4c3B5c3cccc(-c5cccc6c5C([2H])([2H])CCC6([2H])[2H])c3O4)cccc21. The van der Waals surface area contributed by atoms with Gasteiger partial charge in [-0.05, 0) is 132 Å². The van der Waals surface area contributed by atoms with E-state index in [1.165, 1.54) is 0 Å². The van der Waals surface area contributed by atoms with Gasteiger partial charge in [0.05, 0.1) is 27.5 Å². The second-order valence-electron chi connectivity index (χ2n) is 18.6. The van der Waals surface area contributed by atoms with Gasteiger partial charge in [0.15, 0.2) is 28.9 Å². The highest BCUT2D eigenvalue weighted by Crippen LogP contribution is 2.49. The van der Waals surface area contributed by atoms with Gasteiger partial charge < -0.3 is 13.9 Å². The number of furan rings is 1. The molecule has 6 heterocycles. The molecule has 0 unspecified atom stereocenters. The first-order valence-electron chi connectivity index (χ1n) is 28.1. The van der Waals surface area contributed by atoms with E-state index in [4.69, 9.17) is 24.4 Å². The lowest BCUT2D eigenvalue weighted by Gasteiger charge is -2.34. The van der Waals surface area contributed by atoms with Crippen molar-refractivity contribution in [3.05, 3.63) is 192 Å². The Morgan fingerprint density at radius 3 is 1.54 bits per heavy atom. The molecule has 2 aliphatic carbocycles. The second kappa shape index (κ2) is 14.6. The molecule has 12 aromatic rings. The average Bonchev–Trinajstić information content (AvgIpc) is 4.25. The summed E-state index contributed by atoms with van der Waals surface area (Å²) < 4.78 is 100. The van der Waals surface area contributed by atoms with E-state index in [1.807, 2.05) is 97.1 Å². The van der Waals surface area contributed by atoms with Gasteiger partial charge in [0.25, 0.3) is 0 Å². The van der Waals surface area contributed by atoms with Gasteiger partial charge in [0.2, 0.25) is 0 Å². The summed E-state index contributed by atoms with van der Waals surface area (Å²) >= 11 is 0. The highest BCUT2D eigenvalue weighted by molar-refractivity contribution is 6.98. The average molecular weight is 910 g/mol. The van der Waals surface area contributed by atoms with Crippen LogP contribution in [-0.2, 0) is 25.5 Å². The van der Waals surface area contributed by atoms with E-state index in [0.29, 0.717) is 101 Å². The maximum Gasteiger partial charge on any atom is 0.305 e. The Balaban J connectivity index is 1.04. The summed E-state index contributed by atoms with van der Waals surface area (Å²) in [6.45, 7) is -0.714. The monoisotopic (exact) mass is 909 g/mol. The van der Waals surface area contributed by atoms with Gasteiger partial charge in [0, 0.05) is 43.5 Å². The number of ether oxygens (including phenoxy) is 2. The van der Waals surface area contributed by atoms with Crippen molar-refractivity contribution in [3.8, 4) is 56.9 Å². The topological polar surface area (TPSA) is 54.3 Å². The highest BCUT2D eigenvalue weighted by atomic mass is 16.5. The number of nitrogens with zero attached hydrogens (tertiary/aromatic N) is 3. The molecular formula is C63H44BN3O3. The molecule has 70 heavy (non-hydrogen) atoms. The van der Waals surface area contributed by atoms with Gasteiger partial charge in [-0.25, -0.2) is 4.98 Å². The molecule has 16 rings (SSSR count). The molecule has 0 amide bonds. The number of benzene rings is 8. The summed E-state index contributed by atoms with van der Waals surface area (Å²) in [5.74, 6) is 2.73. The minimum atomic E-state index is -1.85. The zero-order valence-electron chi connectivity index (χ0n) is 45.6. The van der Waals surface area contributed by atoms with Crippen LogP contribution in [0.15, 0.2) is 174 Å². The fourth-order valence-electron chi connectivity index (χ4n) is 11.9. The standard InChI is InChI=1S/C63H44BN3O3/c1-3-20-40-37(16-1)18-13-26-42(40)39-34-35-55-49(36-39)58-61(68-55)64-50-29-15-28-48(43-27-14-19-38-17-2-4-21-41(38)43)57(50)69-59-56(64)60(70-58)63(67-53-32-11-7-24-46(53)47-25-8-12-33-54(47)67)65-62(59)66-51-30-9-5-22-44(51)45-23-6-10-31-52(45)66/h5-15,18-19,22-36H,1-4,16-17,20-21H2/i16D2,17D2,20D2,21D2. The molecule has 0 N–H and O–H groups in total. The fourth-order valence-corrected chi connectivity index (χ4v) is 11.9. The van der Waals surface area contributed by atoms with Crippen LogP contribution in [0.1, 0.15) is 58.9 Å². The molecule has 4 aliphatic rings. The number of hydrogen-bond acceptors (Lipinski definition) is 4. The van der Waals surface area contributed by atoms with Crippen LogP contribution < -0.4 is 26.1 Å². The number of aryl methyl sites for hydroxylation is 2. The van der Waals surface area contributed by atoms with E-state index in [2.05, 4.69) is 57.7 Å². The van der Waals surface area contributed by atoms with Crippen molar-refractivity contribution in [3.63, 3.8) is 0 Å². The Labute approximate surface area is 415 Å². The Hall–Kier alpha value is -8.29. The Kier molecular flexibility index (Phi) is 6.62. The molecule has 0 atom stereocenters. The molecule has 0 saturated carbocycles. The molecule has 7 heteroatoms. The molecule has 0 bridgehead atoms. The third-order valence-corrected chi connectivity index (χ3v) is 14.9. The minimum Gasteiger partial charge on any atom is -0.466 e. The van der Waals surface area contributed by atoms with E-state index in [-0.39, 0.29) is 25.7 Å². The summed E-state index contributed by atoms with van der Waals surface area (Å²) in [5, 5.41) is 4.73. The van der Waals surface area contributed by atoms with Crippen molar-refractivity contribution < 1.29 is 24.9 Å². The van der Waals surface area contributed by atoms with Gasteiger partial charge in [-0.15, -0.1) is 0 Å². The Morgan fingerprint density at radius 2 is 0.943 bits per heavy atom. The fraction of sp³-hybridized carbons (Fsp3) is 0.127. The first kappa shape index (κ1) is 31.7. The molecule has 0 spiro atoms. The lowest BCUT2D eigenvalue weighted by atomic mass is 9.37. The lowest BCUT2D eigenvalue weighted by Crippen LogP contribution is -2.57. The third-order valence-electron chi connectivity index (χ3n) is 14.9. The van der Waals surface area contributed by atoms with Crippen LogP contribution in [0.3, 0.4) is 0 Å². The number of fused-ring (bicyclic) bond motifs is 14. The van der Waals surface area contributed by atoms with E-state index in [9.17, 15) is 5.48 Å². The van der Waals surface area contributed by atoms with Crippen LogP contribution in [0.25, 0.3) is 88.5 Å². The molecule has 332 valence electrons. The zero-order valence-corrected chi connectivity index (χ0v) is 37.6. The summed E-state index contributed by atoms with van der Waals surface area (Å²) in [6.07, 6.45) is -6.94. The summed E-state index contributed by atoms with van der Waals surface area (Å²) in [4.78, 5) is 5.84. The van der Waals surface area contributed by atoms with Crippen LogP contribution in [0, 0.1) is 0 Å². The van der Waals surface area contributed by atoms with Crippen LogP contribution in [0.2, 0.25) is 0 Å². The zero-order chi connectivity index (χ0) is 52.8. The van der Waals surface area contributed by atoms with Gasteiger partial charge in [-0.2, -0.15) is 0 Å². The van der Waals surface area contributed by atoms with Crippen molar-refractivity contribution in [2.75, 3.05) is 0 Å². The maximum atomic E-state index is 9.44. The van der Waals surface area contributed by atoms with Crippen LogP contribution >= 0.6 is 0 Å². The predicted octanol–water partition coefficient (Wildman–Crippen LogP) is 13.8. The quantitative estimate of drug-likeness (QED) is 0.165. The molecule has 2 aliphatic heterocycles. The van der Waals surface area contributed by atoms with E-state index in [0.717, 1.165) is 49.1 Å². The van der Waals surface area contributed by atoms with E-state index >= 15 is 0 Å². The molecule has 0 fully saturated rings. The second-order valence-corrected chi connectivity index (χ2v) is 18.6. The number of hydrogen-bond donors (Lipinski definition) is 0. The highest BCUT2D eigenvalue weighted by Gasteiger charge is 2.48. The normalized spacial score (nSPS) is 19.2. The molecule has 0 saturated heterocycles. The van der Waals surface area contributed by atoms with Gasteiger partial charge in [-0.3, -0.25) is 9.13 Å². The molecule has 0 radical (unpaired) electrons. The Morgan fingerprint density at radius 1 is 0.443 bits per heavy atom. The van der Waals surface area contributed by atoms with Crippen LogP contribution in [0.4, 0.5) is 0 Å². The van der Waals surface area contributed by atoms with Crippen molar-refractivity contribution in [1.82, 2.24) is 14.1 Å². The smallest absolute Gasteiger partial charge is 0.305 e. The van der Waals surface area contributed by atoms with Crippen LogP contribution in [-0.4, -0.2) is 20.8 Å². The minimum absolute atomic E-state index is 0.00716. The number of aromatic nitrogens is 3. The first-order chi connectivity index (χ1) is 37.7. The molecule has 4 aromatic heterocycles. The van der Waals surface area contributed by atoms with Crippen LogP contribution in [0.5, 0.6) is 23.0 Å². The van der Waals surface area contributed by atoms with Gasteiger partial charge in [-0.1, -0.05) is 133 Å². The number of rotatable bonds is 4. The van der Waals surface area contributed by atoms with Crippen molar-refractivity contribution in [2.45, 2.75) is 51.2 Å². The largest absolute Gasteiger partial charge is 0.466 e. The molecule has 6 nitrogen and oxygen atoms in total. The van der Waals surface area contributed by atoms with E-state index in [1.54, 1.807) is 24.3 Å². The first-order valence-corrected chi connectivity index (χ1v) is 24.1. The number of pyridine rings is 1. The molecule has 8 aromatic carbocycles. The van der Waals surface area contributed by atoms with Gasteiger partial charge in [0.1, 0.15) is 17.0 Å². The number of para-hydroxylation sites is 5. The van der Waals surface area contributed by atoms with E-state index < -0.39 is 32.2 Å². The van der Waals surface area contributed by atoms with Crippen molar-refractivity contribution >= 4 is 77.9 Å². The third kappa shape index (κ3) is 5.32. The molecular weight excluding hydrogens is 858 g/mol. The van der Waals surface area contributed by atoms with Gasteiger partial charge >= 0.3 is 6.71 Å². The maximum absolute atomic E-state index is 9.44. The predicted molar refractivity (Wildman–Crippen MR) is 285 cm³/mol.